The quantitative estimate of drug-likeness (QED) is 0.819. The molecule has 2 unspecified atom stereocenters. The molecule has 1 aromatic heterocycles. The second kappa shape index (κ2) is 7.19. The van der Waals surface area contributed by atoms with Gasteiger partial charge in [-0.3, -0.25) is 4.79 Å². The minimum Gasteiger partial charge on any atom is -0.395 e. The van der Waals surface area contributed by atoms with E-state index in [-0.39, 0.29) is 33.8 Å². The molecule has 1 amide bonds. The number of aliphatic hydroxyl groups excluding tert-OH is 1. The molecule has 1 aromatic rings. The molecule has 0 saturated heterocycles. The predicted molar refractivity (Wildman–Crippen MR) is 75.6 cm³/mol. The molecule has 0 radical (unpaired) electrons. The number of carbonyl (C=O) groups is 1. The number of hydrogen-bond donors (Lipinski definition) is 2. The van der Waals surface area contributed by atoms with E-state index in [0.717, 1.165) is 0 Å². The minimum absolute atomic E-state index is 0.0146. The molecule has 0 aliphatic carbocycles. The highest BCUT2D eigenvalue weighted by Gasteiger charge is 2.20. The standard InChI is InChI=1S/C11H14Cl2N2O2S/c1-6(8(5-16)18-2)14-11(17)10-7(12)3-4-9(13)15-10/h3-4,6,8,16H,5H2,1-2H3,(H,14,17). The normalized spacial score (nSPS) is 14.1. The molecular weight excluding hydrogens is 295 g/mol. The van der Waals surface area contributed by atoms with Crippen molar-refractivity contribution in [2.45, 2.75) is 18.2 Å². The molecule has 0 aromatic carbocycles. The zero-order valence-corrected chi connectivity index (χ0v) is 12.3. The van der Waals surface area contributed by atoms with E-state index in [1.807, 2.05) is 13.2 Å². The van der Waals surface area contributed by atoms with Crippen LogP contribution in [0.3, 0.4) is 0 Å². The summed E-state index contributed by atoms with van der Waals surface area (Å²) in [4.78, 5) is 15.8. The smallest absolute Gasteiger partial charge is 0.271 e. The van der Waals surface area contributed by atoms with Crippen LogP contribution in [-0.2, 0) is 0 Å². The average Bonchev–Trinajstić information content (AvgIpc) is 2.33. The van der Waals surface area contributed by atoms with Gasteiger partial charge in [-0.15, -0.1) is 0 Å². The summed E-state index contributed by atoms with van der Waals surface area (Å²) in [6, 6.07) is 2.84. The Labute approximate surface area is 120 Å². The first-order chi connectivity index (χ1) is 8.49. The van der Waals surface area contributed by atoms with Gasteiger partial charge in [0.1, 0.15) is 10.8 Å². The zero-order chi connectivity index (χ0) is 13.7. The second-order valence-corrected chi connectivity index (χ2v) is 5.55. The van der Waals surface area contributed by atoms with Crippen molar-refractivity contribution in [3.63, 3.8) is 0 Å². The molecule has 18 heavy (non-hydrogen) atoms. The zero-order valence-electron chi connectivity index (χ0n) is 9.98. The molecule has 7 heteroatoms. The maximum absolute atomic E-state index is 12.0. The highest BCUT2D eigenvalue weighted by atomic mass is 35.5. The Morgan fingerprint density at radius 2 is 2.22 bits per heavy atom. The molecule has 2 atom stereocenters. The van der Waals surface area contributed by atoms with Crippen LogP contribution in [0.15, 0.2) is 12.1 Å². The van der Waals surface area contributed by atoms with Crippen LogP contribution in [0.25, 0.3) is 0 Å². The molecule has 4 nitrogen and oxygen atoms in total. The van der Waals surface area contributed by atoms with Gasteiger partial charge in [-0.1, -0.05) is 23.2 Å². The lowest BCUT2D eigenvalue weighted by Crippen LogP contribution is -2.41. The van der Waals surface area contributed by atoms with Crippen LogP contribution in [0, 0.1) is 0 Å². The summed E-state index contributed by atoms with van der Waals surface area (Å²) in [6.45, 7) is 1.80. The van der Waals surface area contributed by atoms with Crippen molar-refractivity contribution in [2.24, 2.45) is 0 Å². The lowest BCUT2D eigenvalue weighted by atomic mass is 10.2. The third-order valence-corrected chi connectivity index (χ3v) is 4.10. The summed E-state index contributed by atoms with van der Waals surface area (Å²) in [6.07, 6.45) is 1.87. The summed E-state index contributed by atoms with van der Waals surface area (Å²) >= 11 is 13.1. The van der Waals surface area contributed by atoms with E-state index in [2.05, 4.69) is 10.3 Å². The van der Waals surface area contributed by atoms with Crippen LogP contribution in [0.4, 0.5) is 0 Å². The first-order valence-electron chi connectivity index (χ1n) is 5.26. The van der Waals surface area contributed by atoms with Gasteiger partial charge in [0, 0.05) is 11.3 Å². The fourth-order valence-electron chi connectivity index (χ4n) is 1.38. The van der Waals surface area contributed by atoms with E-state index in [0.29, 0.717) is 0 Å². The van der Waals surface area contributed by atoms with Crippen molar-refractivity contribution in [1.29, 1.82) is 0 Å². The Morgan fingerprint density at radius 3 is 2.78 bits per heavy atom. The number of nitrogens with zero attached hydrogens (tertiary/aromatic N) is 1. The van der Waals surface area contributed by atoms with Gasteiger partial charge in [0.25, 0.3) is 5.91 Å². The SMILES string of the molecule is CSC(CO)C(C)NC(=O)c1nc(Cl)ccc1Cl. The molecule has 0 aliphatic rings. The third kappa shape index (κ3) is 4.02. The van der Waals surface area contributed by atoms with E-state index in [1.54, 1.807) is 0 Å². The number of halogens is 2. The largest absolute Gasteiger partial charge is 0.395 e. The van der Waals surface area contributed by atoms with Gasteiger partial charge in [-0.25, -0.2) is 4.98 Å². The summed E-state index contributed by atoms with van der Waals surface area (Å²) in [5.74, 6) is -0.400. The number of aromatic nitrogens is 1. The van der Waals surface area contributed by atoms with Crippen molar-refractivity contribution in [2.75, 3.05) is 12.9 Å². The van der Waals surface area contributed by atoms with Crippen molar-refractivity contribution in [3.8, 4) is 0 Å². The second-order valence-electron chi connectivity index (χ2n) is 3.68. The first-order valence-corrected chi connectivity index (χ1v) is 7.30. The van der Waals surface area contributed by atoms with E-state index < -0.39 is 5.91 Å². The third-order valence-electron chi connectivity index (χ3n) is 2.43. The van der Waals surface area contributed by atoms with Crippen LogP contribution in [0.5, 0.6) is 0 Å². The van der Waals surface area contributed by atoms with E-state index in [9.17, 15) is 4.79 Å². The van der Waals surface area contributed by atoms with Gasteiger partial charge < -0.3 is 10.4 Å². The Kier molecular flexibility index (Phi) is 6.21. The number of rotatable bonds is 5. The molecule has 0 spiro atoms. The minimum atomic E-state index is -0.400. The predicted octanol–water partition coefficient (Wildman–Crippen LogP) is 2.23. The average molecular weight is 309 g/mol. The van der Waals surface area contributed by atoms with Gasteiger partial charge >= 0.3 is 0 Å². The lowest BCUT2D eigenvalue weighted by molar-refractivity contribution is 0.0931. The van der Waals surface area contributed by atoms with Gasteiger partial charge in [-0.2, -0.15) is 11.8 Å². The fraction of sp³-hybridized carbons (Fsp3) is 0.455. The number of hydrogen-bond acceptors (Lipinski definition) is 4. The monoisotopic (exact) mass is 308 g/mol. The Hall–Kier alpha value is -0.490. The molecular formula is C11H14Cl2N2O2S. The number of pyridine rings is 1. The van der Waals surface area contributed by atoms with Crippen LogP contribution in [0.2, 0.25) is 10.2 Å². The molecule has 0 bridgehead atoms. The van der Waals surface area contributed by atoms with Crippen molar-refractivity contribution in [3.05, 3.63) is 28.0 Å². The number of aliphatic hydroxyl groups is 1. The van der Waals surface area contributed by atoms with Crippen LogP contribution < -0.4 is 5.32 Å². The Balaban J connectivity index is 2.79. The van der Waals surface area contributed by atoms with Gasteiger partial charge in [0.15, 0.2) is 0 Å². The van der Waals surface area contributed by atoms with Gasteiger partial charge in [0.2, 0.25) is 0 Å². The van der Waals surface area contributed by atoms with Crippen molar-refractivity contribution >= 4 is 40.9 Å². The Bertz CT molecular complexity index is 428. The topological polar surface area (TPSA) is 62.2 Å². The molecule has 0 saturated carbocycles. The summed E-state index contributed by atoms with van der Waals surface area (Å²) in [5, 5.41) is 12.3. The van der Waals surface area contributed by atoms with Crippen LogP contribution in [0.1, 0.15) is 17.4 Å². The molecule has 100 valence electrons. The highest BCUT2D eigenvalue weighted by Crippen LogP contribution is 2.17. The molecule has 0 aliphatic heterocycles. The maximum Gasteiger partial charge on any atom is 0.271 e. The van der Waals surface area contributed by atoms with E-state index >= 15 is 0 Å². The van der Waals surface area contributed by atoms with E-state index in [4.69, 9.17) is 28.3 Å². The number of amides is 1. The first kappa shape index (κ1) is 15.6. The van der Waals surface area contributed by atoms with Gasteiger partial charge in [0.05, 0.1) is 11.6 Å². The highest BCUT2D eigenvalue weighted by molar-refractivity contribution is 7.99. The Morgan fingerprint density at radius 1 is 1.56 bits per heavy atom. The van der Waals surface area contributed by atoms with Crippen LogP contribution in [-0.4, -0.2) is 40.2 Å². The summed E-state index contributed by atoms with van der Waals surface area (Å²) < 4.78 is 0. The van der Waals surface area contributed by atoms with Crippen LogP contribution >= 0.6 is 35.0 Å². The molecule has 1 rings (SSSR count). The summed E-state index contributed by atoms with van der Waals surface area (Å²) in [7, 11) is 0. The lowest BCUT2D eigenvalue weighted by Gasteiger charge is -2.21. The summed E-state index contributed by atoms with van der Waals surface area (Å²) in [5.41, 5.74) is 0.0915. The number of nitrogens with one attached hydrogen (secondary N) is 1. The van der Waals surface area contributed by atoms with E-state index in [1.165, 1.54) is 23.9 Å². The van der Waals surface area contributed by atoms with Crippen molar-refractivity contribution < 1.29 is 9.90 Å². The number of carbonyl (C=O) groups excluding carboxylic acids is 1. The maximum atomic E-state index is 12.0. The molecule has 2 N–H and O–H groups in total. The number of thioether (sulfide) groups is 1. The van der Waals surface area contributed by atoms with Gasteiger partial charge in [-0.05, 0) is 25.3 Å². The van der Waals surface area contributed by atoms with Crippen molar-refractivity contribution in [1.82, 2.24) is 10.3 Å². The molecule has 0 fully saturated rings. The molecule has 1 heterocycles. The fourth-order valence-corrected chi connectivity index (χ4v) is 2.35.